The van der Waals surface area contributed by atoms with E-state index >= 15 is 0 Å². The molecule has 5 nitrogen and oxygen atoms in total. The maximum atomic E-state index is 12.7. The van der Waals surface area contributed by atoms with Crippen molar-refractivity contribution < 1.29 is 17.6 Å². The first-order chi connectivity index (χ1) is 13.4. The predicted molar refractivity (Wildman–Crippen MR) is 108 cm³/mol. The number of nitrogens with one attached hydrogen (secondary N) is 1. The molecule has 0 aliphatic rings. The van der Waals surface area contributed by atoms with Crippen molar-refractivity contribution in [3.8, 4) is 0 Å². The molecule has 3 rings (SSSR count). The molecule has 0 atom stereocenters. The molecule has 1 amide bonds. The van der Waals surface area contributed by atoms with Gasteiger partial charge in [-0.3, -0.25) is 4.79 Å². The lowest BCUT2D eigenvalue weighted by atomic mass is 10.1. The Morgan fingerprint density at radius 3 is 2.43 bits per heavy atom. The number of rotatable bonds is 7. The second-order valence-electron chi connectivity index (χ2n) is 6.65. The summed E-state index contributed by atoms with van der Waals surface area (Å²) in [6.07, 6.45) is 0.625. The van der Waals surface area contributed by atoms with E-state index in [-0.39, 0.29) is 23.2 Å². The lowest BCUT2D eigenvalue weighted by Crippen LogP contribution is -2.22. The second-order valence-corrected chi connectivity index (χ2v) is 8.61. The van der Waals surface area contributed by atoms with E-state index in [1.165, 1.54) is 12.1 Å². The predicted octanol–water partition coefficient (Wildman–Crippen LogP) is 4.05. The largest absolute Gasteiger partial charge is 0.455 e. The normalized spacial score (nSPS) is 11.4. The molecule has 0 aliphatic carbocycles. The van der Waals surface area contributed by atoms with Gasteiger partial charge in [0.2, 0.25) is 0 Å². The molecule has 146 valence electrons. The minimum absolute atomic E-state index is 0.0982. The van der Waals surface area contributed by atoms with Crippen LogP contribution in [0, 0.1) is 6.92 Å². The van der Waals surface area contributed by atoms with Crippen molar-refractivity contribution in [1.29, 1.82) is 0 Å². The molecule has 2 aromatic carbocycles. The molecule has 0 spiro atoms. The fraction of sp³-hybridized carbons (Fsp3) is 0.227. The highest BCUT2D eigenvalue weighted by Crippen LogP contribution is 2.22. The first-order valence-electron chi connectivity index (χ1n) is 9.12. The number of hydrogen-bond acceptors (Lipinski definition) is 4. The molecule has 3 aromatic rings. The number of benzene rings is 2. The Morgan fingerprint density at radius 2 is 1.71 bits per heavy atom. The zero-order valence-electron chi connectivity index (χ0n) is 15.9. The lowest BCUT2D eigenvalue weighted by molar-refractivity contribution is 0.0921. The molecule has 28 heavy (non-hydrogen) atoms. The maximum absolute atomic E-state index is 12.7. The van der Waals surface area contributed by atoms with Gasteiger partial charge in [0.05, 0.1) is 4.90 Å². The third-order valence-corrected chi connectivity index (χ3v) is 6.21. The van der Waals surface area contributed by atoms with Crippen LogP contribution in [0.25, 0.3) is 0 Å². The number of sulfone groups is 1. The van der Waals surface area contributed by atoms with Crippen LogP contribution in [0.2, 0.25) is 0 Å². The van der Waals surface area contributed by atoms with E-state index in [4.69, 9.17) is 4.42 Å². The molecular weight excluding hydrogens is 374 g/mol. The van der Waals surface area contributed by atoms with Crippen molar-refractivity contribution in [2.24, 2.45) is 0 Å². The summed E-state index contributed by atoms with van der Waals surface area (Å²) in [5, 5.41) is 2.78. The van der Waals surface area contributed by atoms with Crippen LogP contribution in [-0.4, -0.2) is 14.3 Å². The van der Waals surface area contributed by atoms with E-state index in [1.54, 1.807) is 18.2 Å². The average Bonchev–Trinajstić information content (AvgIpc) is 3.15. The summed E-state index contributed by atoms with van der Waals surface area (Å²) >= 11 is 0. The number of aryl methyl sites for hydroxylation is 2. The lowest BCUT2D eigenvalue weighted by Gasteiger charge is -2.08. The Kier molecular flexibility index (Phi) is 5.99. The van der Waals surface area contributed by atoms with Gasteiger partial charge in [0.1, 0.15) is 11.5 Å². The van der Waals surface area contributed by atoms with Gasteiger partial charge in [0, 0.05) is 6.54 Å². The molecule has 0 saturated carbocycles. The molecule has 1 aromatic heterocycles. The zero-order valence-corrected chi connectivity index (χ0v) is 16.8. The second kappa shape index (κ2) is 8.44. The Labute approximate surface area is 165 Å². The molecule has 1 N–H and O–H groups in total. The van der Waals surface area contributed by atoms with Gasteiger partial charge in [-0.2, -0.15) is 0 Å². The van der Waals surface area contributed by atoms with Gasteiger partial charge in [-0.15, -0.1) is 0 Å². The van der Waals surface area contributed by atoms with E-state index in [0.717, 1.165) is 16.7 Å². The summed E-state index contributed by atoms with van der Waals surface area (Å²) in [4.78, 5) is 12.6. The van der Waals surface area contributed by atoms with Crippen molar-refractivity contribution in [2.45, 2.75) is 37.5 Å². The van der Waals surface area contributed by atoms with E-state index in [9.17, 15) is 13.2 Å². The summed E-state index contributed by atoms with van der Waals surface area (Å²) in [7, 11) is -3.55. The Morgan fingerprint density at radius 1 is 1.00 bits per heavy atom. The topological polar surface area (TPSA) is 76.4 Å². The Bertz CT molecular complexity index is 1070. The van der Waals surface area contributed by atoms with Gasteiger partial charge in [0.15, 0.2) is 15.6 Å². The molecular formula is C22H23NO4S. The highest BCUT2D eigenvalue weighted by Gasteiger charge is 2.21. The van der Waals surface area contributed by atoms with Crippen molar-refractivity contribution in [1.82, 2.24) is 5.32 Å². The summed E-state index contributed by atoms with van der Waals surface area (Å²) in [6, 6.07) is 17.8. The molecule has 0 fully saturated rings. The first-order valence-corrected chi connectivity index (χ1v) is 10.8. The van der Waals surface area contributed by atoms with Crippen molar-refractivity contribution >= 4 is 15.7 Å². The summed E-state index contributed by atoms with van der Waals surface area (Å²) < 4.78 is 31.0. The highest BCUT2D eigenvalue weighted by molar-refractivity contribution is 7.90. The van der Waals surface area contributed by atoms with Crippen LogP contribution in [0.5, 0.6) is 0 Å². The molecule has 6 heteroatoms. The maximum Gasteiger partial charge on any atom is 0.287 e. The molecule has 0 bridgehead atoms. The van der Waals surface area contributed by atoms with Crippen LogP contribution in [0.1, 0.15) is 39.9 Å². The Balaban J connectivity index is 1.67. The van der Waals surface area contributed by atoms with E-state index in [0.29, 0.717) is 17.9 Å². The number of carbonyl (C=O) groups excluding carboxylic acids is 1. The third kappa shape index (κ3) is 4.70. The fourth-order valence-corrected chi connectivity index (χ4v) is 4.50. The zero-order chi connectivity index (χ0) is 20.1. The van der Waals surface area contributed by atoms with Gasteiger partial charge in [-0.1, -0.05) is 55.0 Å². The van der Waals surface area contributed by atoms with Gasteiger partial charge < -0.3 is 9.73 Å². The monoisotopic (exact) mass is 397 g/mol. The standard InChI is InChI=1S/C22H23NO4S/c1-3-18-6-4-5-7-21(18)28(25,26)15-19-12-13-20(27-19)22(24)23-14-17-10-8-16(2)9-11-17/h4-13H,3,14-15H2,1-2H3,(H,23,24). The SMILES string of the molecule is CCc1ccccc1S(=O)(=O)Cc1ccc(C(=O)NCc2ccc(C)cc2)o1. The summed E-state index contributed by atoms with van der Waals surface area (Å²) in [5.74, 6) is -0.319. The van der Waals surface area contributed by atoms with Crippen molar-refractivity contribution in [2.75, 3.05) is 0 Å². The molecule has 0 radical (unpaired) electrons. The summed E-state index contributed by atoms with van der Waals surface area (Å²) in [5.41, 5.74) is 2.89. The van der Waals surface area contributed by atoms with Gasteiger partial charge in [-0.25, -0.2) is 8.42 Å². The van der Waals surface area contributed by atoms with E-state index in [2.05, 4.69) is 5.32 Å². The molecule has 0 aliphatic heterocycles. The number of amides is 1. The van der Waals surface area contributed by atoms with Gasteiger partial charge >= 0.3 is 0 Å². The molecule has 0 unspecified atom stereocenters. The number of furan rings is 1. The molecule has 1 heterocycles. The quantitative estimate of drug-likeness (QED) is 0.652. The van der Waals surface area contributed by atoms with Gasteiger partial charge in [0.25, 0.3) is 5.91 Å². The third-order valence-electron chi connectivity index (χ3n) is 4.48. The first kappa shape index (κ1) is 19.9. The minimum atomic E-state index is -3.55. The smallest absolute Gasteiger partial charge is 0.287 e. The fourth-order valence-electron chi connectivity index (χ4n) is 2.92. The van der Waals surface area contributed by atoms with Crippen molar-refractivity contribution in [3.63, 3.8) is 0 Å². The van der Waals surface area contributed by atoms with Crippen LogP contribution in [0.3, 0.4) is 0 Å². The highest BCUT2D eigenvalue weighted by atomic mass is 32.2. The number of carbonyl (C=O) groups is 1. The van der Waals surface area contributed by atoms with E-state index < -0.39 is 9.84 Å². The van der Waals surface area contributed by atoms with Crippen LogP contribution in [-0.2, 0) is 28.6 Å². The number of hydrogen-bond donors (Lipinski definition) is 1. The van der Waals surface area contributed by atoms with Gasteiger partial charge in [-0.05, 0) is 42.7 Å². The summed E-state index contributed by atoms with van der Waals surface area (Å²) in [6.45, 7) is 4.29. The van der Waals surface area contributed by atoms with Crippen LogP contribution >= 0.6 is 0 Å². The Hall–Kier alpha value is -2.86. The minimum Gasteiger partial charge on any atom is -0.455 e. The van der Waals surface area contributed by atoms with Crippen molar-refractivity contribution in [3.05, 3.63) is 88.9 Å². The van der Waals surface area contributed by atoms with E-state index in [1.807, 2.05) is 44.2 Å². The average molecular weight is 397 g/mol. The van der Waals surface area contributed by atoms with Crippen LogP contribution in [0.4, 0.5) is 0 Å². The van der Waals surface area contributed by atoms with Crippen LogP contribution in [0.15, 0.2) is 70.0 Å². The molecule has 0 saturated heterocycles. The van der Waals surface area contributed by atoms with Crippen LogP contribution < -0.4 is 5.32 Å².